The maximum atomic E-state index is 5.87. The summed E-state index contributed by atoms with van der Waals surface area (Å²) in [5, 5.41) is 0.427. The summed E-state index contributed by atoms with van der Waals surface area (Å²) in [4.78, 5) is 8.41. The molecule has 2 rings (SSSR count). The quantitative estimate of drug-likeness (QED) is 0.779. The van der Waals surface area contributed by atoms with Crippen LogP contribution in [-0.4, -0.2) is 16.6 Å². The molecular formula is C13H13ClN2O. The summed E-state index contributed by atoms with van der Waals surface area (Å²) in [6, 6.07) is 11.5. The van der Waals surface area contributed by atoms with Crippen molar-refractivity contribution in [3.8, 4) is 0 Å². The van der Waals surface area contributed by atoms with Gasteiger partial charge >= 0.3 is 0 Å². The van der Waals surface area contributed by atoms with E-state index >= 15 is 0 Å². The molecule has 0 saturated carbocycles. The second-order valence-corrected chi connectivity index (χ2v) is 3.87. The van der Waals surface area contributed by atoms with Crippen LogP contribution in [0.25, 0.3) is 0 Å². The average molecular weight is 249 g/mol. The van der Waals surface area contributed by atoms with Crippen LogP contribution < -0.4 is 0 Å². The zero-order valence-electron chi connectivity index (χ0n) is 9.51. The first-order chi connectivity index (χ1) is 8.31. The molecule has 1 unspecified atom stereocenters. The molecule has 0 aliphatic heterocycles. The fourth-order valence-corrected chi connectivity index (χ4v) is 1.73. The van der Waals surface area contributed by atoms with Crippen molar-refractivity contribution in [2.45, 2.75) is 13.0 Å². The molecular weight excluding hydrogens is 236 g/mol. The second-order valence-electron chi connectivity index (χ2n) is 3.48. The van der Waals surface area contributed by atoms with E-state index in [0.717, 1.165) is 5.56 Å². The highest BCUT2D eigenvalue weighted by Gasteiger charge is 2.16. The monoisotopic (exact) mass is 248 g/mol. The van der Waals surface area contributed by atoms with Gasteiger partial charge in [-0.2, -0.15) is 0 Å². The van der Waals surface area contributed by atoms with E-state index in [9.17, 15) is 0 Å². The van der Waals surface area contributed by atoms with Crippen LogP contribution in [0.4, 0.5) is 0 Å². The Hall–Kier alpha value is -1.45. The van der Waals surface area contributed by atoms with Crippen molar-refractivity contribution in [1.29, 1.82) is 0 Å². The van der Waals surface area contributed by atoms with Gasteiger partial charge in [0.25, 0.3) is 0 Å². The van der Waals surface area contributed by atoms with Crippen LogP contribution in [0.1, 0.15) is 24.4 Å². The average Bonchev–Trinajstić information content (AvgIpc) is 2.37. The number of nitrogens with zero attached hydrogens (tertiary/aromatic N) is 2. The summed E-state index contributed by atoms with van der Waals surface area (Å²) >= 11 is 5.87. The highest BCUT2D eigenvalue weighted by Crippen LogP contribution is 2.23. The minimum atomic E-state index is -0.264. The molecule has 3 nitrogen and oxygen atoms in total. The molecule has 0 saturated heterocycles. The van der Waals surface area contributed by atoms with E-state index in [1.165, 1.54) is 0 Å². The number of ether oxygens (including phenoxy) is 1. The number of hydrogen-bond donors (Lipinski definition) is 0. The maximum Gasteiger partial charge on any atom is 0.163 e. The Bertz CT molecular complexity index is 476. The minimum absolute atomic E-state index is 0.264. The lowest BCUT2D eigenvalue weighted by Gasteiger charge is -2.15. The first kappa shape index (κ1) is 12.0. The van der Waals surface area contributed by atoms with E-state index in [2.05, 4.69) is 9.97 Å². The molecule has 1 heterocycles. The van der Waals surface area contributed by atoms with Crippen molar-refractivity contribution in [2.24, 2.45) is 0 Å². The molecule has 0 aliphatic carbocycles. The molecule has 1 atom stereocenters. The fraction of sp³-hybridized carbons (Fsp3) is 0.231. The van der Waals surface area contributed by atoms with E-state index in [4.69, 9.17) is 16.3 Å². The molecule has 1 aromatic heterocycles. The first-order valence-corrected chi connectivity index (χ1v) is 5.84. The molecule has 88 valence electrons. The molecule has 0 bridgehead atoms. The third-order valence-electron chi connectivity index (χ3n) is 2.31. The first-order valence-electron chi connectivity index (χ1n) is 5.46. The number of benzene rings is 1. The molecule has 0 spiro atoms. The van der Waals surface area contributed by atoms with Crippen LogP contribution in [0.5, 0.6) is 0 Å². The largest absolute Gasteiger partial charge is 0.366 e. The van der Waals surface area contributed by atoms with E-state index in [-0.39, 0.29) is 6.10 Å². The van der Waals surface area contributed by atoms with E-state index in [1.807, 2.05) is 37.3 Å². The summed E-state index contributed by atoms with van der Waals surface area (Å²) in [6.45, 7) is 2.54. The lowest BCUT2D eigenvalue weighted by atomic mass is 10.1. The molecule has 0 radical (unpaired) electrons. The maximum absolute atomic E-state index is 5.87. The Kier molecular flexibility index (Phi) is 4.07. The van der Waals surface area contributed by atoms with Gasteiger partial charge in [-0.15, -0.1) is 0 Å². The molecule has 17 heavy (non-hydrogen) atoms. The van der Waals surface area contributed by atoms with E-state index in [1.54, 1.807) is 12.3 Å². The molecule has 4 heteroatoms. The minimum Gasteiger partial charge on any atom is -0.366 e. The van der Waals surface area contributed by atoms with Gasteiger partial charge in [-0.05, 0) is 18.6 Å². The summed E-state index contributed by atoms with van der Waals surface area (Å²) in [5.41, 5.74) is 1.02. The van der Waals surface area contributed by atoms with Crippen molar-refractivity contribution in [3.05, 3.63) is 59.1 Å². The van der Waals surface area contributed by atoms with Gasteiger partial charge < -0.3 is 4.74 Å². The normalized spacial score (nSPS) is 12.4. The molecule has 1 aromatic carbocycles. The van der Waals surface area contributed by atoms with Gasteiger partial charge in [-0.3, -0.25) is 0 Å². The summed E-state index contributed by atoms with van der Waals surface area (Å²) < 4.78 is 5.69. The highest BCUT2D eigenvalue weighted by atomic mass is 35.5. The smallest absolute Gasteiger partial charge is 0.163 e. The van der Waals surface area contributed by atoms with Crippen LogP contribution in [0.3, 0.4) is 0 Å². The van der Waals surface area contributed by atoms with Gasteiger partial charge in [0.05, 0.1) is 0 Å². The lowest BCUT2D eigenvalue weighted by molar-refractivity contribution is 0.0851. The standard InChI is InChI=1S/C13H13ClN2O/c1-2-17-12(10-6-4-3-5-7-10)13-15-9-8-11(14)16-13/h3-9,12H,2H2,1H3. The van der Waals surface area contributed by atoms with Gasteiger partial charge in [0, 0.05) is 12.8 Å². The number of aromatic nitrogens is 2. The predicted molar refractivity (Wildman–Crippen MR) is 67.0 cm³/mol. The number of hydrogen-bond acceptors (Lipinski definition) is 3. The predicted octanol–water partition coefficient (Wildman–Crippen LogP) is 3.26. The van der Waals surface area contributed by atoms with Gasteiger partial charge in [0.15, 0.2) is 5.82 Å². The molecule has 0 aliphatic rings. The van der Waals surface area contributed by atoms with Gasteiger partial charge in [-0.1, -0.05) is 41.9 Å². The third-order valence-corrected chi connectivity index (χ3v) is 2.52. The summed E-state index contributed by atoms with van der Waals surface area (Å²) in [6.07, 6.45) is 1.37. The molecule has 2 aromatic rings. The van der Waals surface area contributed by atoms with Gasteiger partial charge in [0.1, 0.15) is 11.3 Å². The number of halogens is 1. The summed E-state index contributed by atoms with van der Waals surface area (Å²) in [7, 11) is 0. The Labute approximate surface area is 105 Å². The number of rotatable bonds is 4. The van der Waals surface area contributed by atoms with Crippen molar-refractivity contribution in [3.63, 3.8) is 0 Å². The lowest BCUT2D eigenvalue weighted by Crippen LogP contribution is -2.10. The van der Waals surface area contributed by atoms with Crippen molar-refractivity contribution < 1.29 is 4.74 Å². The Morgan fingerprint density at radius 3 is 2.65 bits per heavy atom. The highest BCUT2D eigenvalue weighted by molar-refractivity contribution is 6.29. The zero-order chi connectivity index (χ0) is 12.1. The van der Waals surface area contributed by atoms with Crippen molar-refractivity contribution in [1.82, 2.24) is 9.97 Å². The Morgan fingerprint density at radius 1 is 1.24 bits per heavy atom. The zero-order valence-corrected chi connectivity index (χ0v) is 10.3. The molecule has 0 amide bonds. The Morgan fingerprint density at radius 2 is 2.00 bits per heavy atom. The fourth-order valence-electron chi connectivity index (χ4n) is 1.59. The molecule has 0 fully saturated rings. The van der Waals surface area contributed by atoms with Crippen LogP contribution in [0, 0.1) is 0 Å². The van der Waals surface area contributed by atoms with Crippen molar-refractivity contribution in [2.75, 3.05) is 6.61 Å². The second kappa shape index (κ2) is 5.75. The van der Waals surface area contributed by atoms with Crippen LogP contribution >= 0.6 is 11.6 Å². The van der Waals surface area contributed by atoms with Crippen LogP contribution in [0.15, 0.2) is 42.6 Å². The van der Waals surface area contributed by atoms with Crippen molar-refractivity contribution >= 4 is 11.6 Å². The third kappa shape index (κ3) is 3.02. The topological polar surface area (TPSA) is 35.0 Å². The Balaban J connectivity index is 2.35. The molecule has 0 N–H and O–H groups in total. The van der Waals surface area contributed by atoms with Crippen LogP contribution in [0.2, 0.25) is 5.15 Å². The van der Waals surface area contributed by atoms with Crippen LogP contribution in [-0.2, 0) is 4.74 Å². The van der Waals surface area contributed by atoms with E-state index in [0.29, 0.717) is 17.6 Å². The summed E-state index contributed by atoms with van der Waals surface area (Å²) in [5.74, 6) is 0.588. The van der Waals surface area contributed by atoms with Gasteiger partial charge in [-0.25, -0.2) is 9.97 Å². The SMILES string of the molecule is CCOC(c1ccccc1)c1nccc(Cl)n1. The van der Waals surface area contributed by atoms with E-state index < -0.39 is 0 Å². The van der Waals surface area contributed by atoms with Gasteiger partial charge in [0.2, 0.25) is 0 Å².